The van der Waals surface area contributed by atoms with Crippen molar-refractivity contribution in [3.8, 4) is 0 Å². The highest BCUT2D eigenvalue weighted by Crippen LogP contribution is 2.36. The molecule has 0 bridgehead atoms. The Morgan fingerprint density at radius 3 is 2.18 bits per heavy atom. The Bertz CT molecular complexity index is 460. The van der Waals surface area contributed by atoms with Crippen LogP contribution in [0.4, 0.5) is 22.0 Å². The molecule has 9 heteroatoms. The van der Waals surface area contributed by atoms with Gasteiger partial charge in [0.1, 0.15) is 10.7 Å². The minimum absolute atomic E-state index is 0.243. The van der Waals surface area contributed by atoms with Gasteiger partial charge in [-0.05, 0) is 6.07 Å². The molecule has 94 valence electrons. The topological polar surface area (TPSA) is 38.9 Å². The van der Waals surface area contributed by atoms with E-state index < -0.39 is 33.4 Å². The molecule has 0 saturated carbocycles. The summed E-state index contributed by atoms with van der Waals surface area (Å²) in [6.07, 6.45) is -4.47. The zero-order valence-corrected chi connectivity index (χ0v) is 9.43. The third kappa shape index (κ3) is 2.81. The molecule has 17 heavy (non-hydrogen) atoms. The van der Waals surface area contributed by atoms with Gasteiger partial charge in [0.2, 0.25) is 0 Å². The predicted molar refractivity (Wildman–Crippen MR) is 54.9 cm³/mol. The van der Waals surface area contributed by atoms with Crippen molar-refractivity contribution in [2.75, 3.05) is 0 Å². The molecule has 1 heterocycles. The lowest BCUT2D eigenvalue weighted by molar-refractivity contribution is -0.137. The maximum absolute atomic E-state index is 13.3. The van der Waals surface area contributed by atoms with E-state index in [9.17, 15) is 22.0 Å². The minimum Gasteiger partial charge on any atom is -0.388 e. The summed E-state index contributed by atoms with van der Waals surface area (Å²) >= 11 is 9.39. The Morgan fingerprint density at radius 1 is 1.29 bits per heavy atom. The van der Waals surface area contributed by atoms with Gasteiger partial charge in [0, 0.05) is 6.20 Å². The number of nitrogens with zero attached hydrogens (tertiary/aromatic N) is 1. The first-order chi connectivity index (χ1) is 7.56. The molecule has 0 amide bonds. The van der Waals surface area contributed by atoms with E-state index in [1.54, 1.807) is 0 Å². The second kappa shape index (κ2) is 4.34. The molecular weight excluding hydrogens is 287 g/mol. The Labute approximate surface area is 103 Å². The number of nitrogens with two attached hydrogens (primary N) is 1. The van der Waals surface area contributed by atoms with Crippen LogP contribution in [0.5, 0.6) is 0 Å². The Hall–Kier alpha value is -1.02. The molecule has 0 radical (unpaired) electrons. The van der Waals surface area contributed by atoms with Crippen LogP contribution in [0.2, 0.25) is 5.02 Å². The number of thiocarbonyl (C=S) groups is 1. The Morgan fingerprint density at radius 2 is 1.82 bits per heavy atom. The van der Waals surface area contributed by atoms with Gasteiger partial charge in [-0.1, -0.05) is 23.8 Å². The molecule has 0 fully saturated rings. The highest BCUT2D eigenvalue weighted by molar-refractivity contribution is 7.80. The molecule has 0 unspecified atom stereocenters. The van der Waals surface area contributed by atoms with Crippen molar-refractivity contribution in [2.45, 2.75) is 12.1 Å². The van der Waals surface area contributed by atoms with Crippen LogP contribution in [0, 0.1) is 0 Å². The normalized spacial score (nSPS) is 12.6. The third-order valence-corrected chi connectivity index (χ3v) is 2.32. The van der Waals surface area contributed by atoms with Crippen molar-refractivity contribution in [3.63, 3.8) is 0 Å². The van der Waals surface area contributed by atoms with Gasteiger partial charge in [-0.3, -0.25) is 4.98 Å². The zero-order valence-electron chi connectivity index (χ0n) is 7.86. The largest absolute Gasteiger partial charge is 0.417 e. The molecule has 0 aliphatic carbocycles. The molecule has 0 atom stereocenters. The average molecular weight is 291 g/mol. The fourth-order valence-corrected chi connectivity index (χ4v) is 1.32. The van der Waals surface area contributed by atoms with Crippen LogP contribution in [0.25, 0.3) is 0 Å². The first-order valence-corrected chi connectivity index (χ1v) is 4.76. The lowest BCUT2D eigenvalue weighted by atomic mass is 10.2. The summed E-state index contributed by atoms with van der Waals surface area (Å²) in [5.74, 6) is -3.85. The van der Waals surface area contributed by atoms with E-state index >= 15 is 0 Å². The number of hydrogen-bond acceptors (Lipinski definition) is 2. The first-order valence-electron chi connectivity index (χ1n) is 3.97. The third-order valence-electron chi connectivity index (χ3n) is 1.78. The van der Waals surface area contributed by atoms with Gasteiger partial charge in [0.05, 0.1) is 10.6 Å². The molecular formula is C8H4ClF5N2S. The molecule has 2 N–H and O–H groups in total. The van der Waals surface area contributed by atoms with Gasteiger partial charge < -0.3 is 5.73 Å². The number of pyridine rings is 1. The van der Waals surface area contributed by atoms with Crippen LogP contribution < -0.4 is 5.73 Å². The van der Waals surface area contributed by atoms with Crippen molar-refractivity contribution >= 4 is 28.8 Å². The molecule has 1 rings (SSSR count). The quantitative estimate of drug-likeness (QED) is 0.672. The lowest BCUT2D eigenvalue weighted by Gasteiger charge is -2.16. The summed E-state index contributed by atoms with van der Waals surface area (Å²) < 4.78 is 63.2. The average Bonchev–Trinajstić information content (AvgIpc) is 2.15. The molecule has 0 aliphatic heterocycles. The molecule has 0 aliphatic rings. The fraction of sp³-hybridized carbons (Fsp3) is 0.250. The van der Waals surface area contributed by atoms with Crippen molar-refractivity contribution in [1.82, 2.24) is 4.98 Å². The second-order valence-electron chi connectivity index (χ2n) is 2.99. The smallest absolute Gasteiger partial charge is 0.388 e. The maximum atomic E-state index is 13.3. The number of rotatable bonds is 2. The van der Waals surface area contributed by atoms with Gasteiger partial charge >= 0.3 is 12.1 Å². The molecule has 0 aromatic carbocycles. The highest BCUT2D eigenvalue weighted by atomic mass is 35.5. The Balaban J connectivity index is 3.29. The number of aromatic nitrogens is 1. The first kappa shape index (κ1) is 14.0. The second-order valence-corrected chi connectivity index (χ2v) is 3.84. The van der Waals surface area contributed by atoms with E-state index in [-0.39, 0.29) is 6.20 Å². The van der Waals surface area contributed by atoms with E-state index in [0.29, 0.717) is 6.07 Å². The van der Waals surface area contributed by atoms with Crippen LogP contribution in [0.15, 0.2) is 12.3 Å². The number of alkyl halides is 5. The highest BCUT2D eigenvalue weighted by Gasteiger charge is 2.41. The van der Waals surface area contributed by atoms with Gasteiger partial charge in [-0.15, -0.1) is 0 Å². The van der Waals surface area contributed by atoms with E-state index in [2.05, 4.69) is 17.2 Å². The molecule has 2 nitrogen and oxygen atoms in total. The van der Waals surface area contributed by atoms with Crippen molar-refractivity contribution in [2.24, 2.45) is 5.73 Å². The van der Waals surface area contributed by atoms with E-state index in [0.717, 1.165) is 0 Å². The van der Waals surface area contributed by atoms with E-state index in [1.807, 2.05) is 0 Å². The van der Waals surface area contributed by atoms with E-state index in [4.69, 9.17) is 17.3 Å². The zero-order chi connectivity index (χ0) is 13.4. The minimum atomic E-state index is -4.71. The summed E-state index contributed by atoms with van der Waals surface area (Å²) in [5.41, 5.74) is 2.43. The maximum Gasteiger partial charge on any atom is 0.417 e. The summed E-state index contributed by atoms with van der Waals surface area (Å²) in [7, 11) is 0. The van der Waals surface area contributed by atoms with Crippen LogP contribution in [0.1, 0.15) is 11.3 Å². The molecule has 0 spiro atoms. The van der Waals surface area contributed by atoms with Gasteiger partial charge in [-0.25, -0.2) is 0 Å². The lowest BCUT2D eigenvalue weighted by Crippen LogP contribution is -2.32. The summed E-state index contributed by atoms with van der Waals surface area (Å²) in [6, 6.07) is 0.343. The standard InChI is InChI=1S/C8H4ClF5N2S/c9-4-1-3(8(12,13)14)2-16-5(4)7(10,11)6(15)17/h1-2H,(H2,15,17). The molecule has 1 aromatic rings. The van der Waals surface area contributed by atoms with Crippen LogP contribution in [-0.4, -0.2) is 9.97 Å². The van der Waals surface area contributed by atoms with Gasteiger partial charge in [0.15, 0.2) is 0 Å². The van der Waals surface area contributed by atoms with E-state index in [1.165, 1.54) is 0 Å². The monoisotopic (exact) mass is 290 g/mol. The van der Waals surface area contributed by atoms with Crippen molar-refractivity contribution < 1.29 is 22.0 Å². The summed E-state index contributed by atoms with van der Waals surface area (Å²) in [6.45, 7) is 0. The van der Waals surface area contributed by atoms with Crippen LogP contribution >= 0.6 is 23.8 Å². The molecule has 1 aromatic heterocycles. The summed E-state index contributed by atoms with van der Waals surface area (Å²) in [5, 5.41) is -0.849. The van der Waals surface area contributed by atoms with Crippen LogP contribution in [-0.2, 0) is 12.1 Å². The van der Waals surface area contributed by atoms with Gasteiger partial charge in [-0.2, -0.15) is 22.0 Å². The Kier molecular flexibility index (Phi) is 3.58. The summed E-state index contributed by atoms with van der Waals surface area (Å²) in [4.78, 5) is 1.75. The van der Waals surface area contributed by atoms with Crippen molar-refractivity contribution in [3.05, 3.63) is 28.5 Å². The van der Waals surface area contributed by atoms with Crippen molar-refractivity contribution in [1.29, 1.82) is 0 Å². The number of hydrogen-bond donors (Lipinski definition) is 1. The van der Waals surface area contributed by atoms with Gasteiger partial charge in [0.25, 0.3) is 0 Å². The predicted octanol–water partition coefficient (Wildman–Crippen LogP) is 3.13. The van der Waals surface area contributed by atoms with Crippen LogP contribution in [0.3, 0.4) is 0 Å². The SMILES string of the molecule is NC(=S)C(F)(F)c1ncc(C(F)(F)F)cc1Cl. The molecule has 0 saturated heterocycles. The fourth-order valence-electron chi connectivity index (χ4n) is 0.941. The number of halogens is 6.